The molecule has 0 unspecified atom stereocenters. The normalized spacial score (nSPS) is 11.4. The molecule has 8 heteroatoms. The Hall–Kier alpha value is -3.26. The Morgan fingerprint density at radius 3 is 3.00 bits per heavy atom. The summed E-state index contributed by atoms with van der Waals surface area (Å²) in [5.41, 5.74) is 1.59. The van der Waals surface area contributed by atoms with Gasteiger partial charge in [-0.2, -0.15) is 9.61 Å². The van der Waals surface area contributed by atoms with Crippen LogP contribution in [0.4, 0.5) is 5.69 Å². The fourth-order valence-corrected chi connectivity index (χ4v) is 3.17. The summed E-state index contributed by atoms with van der Waals surface area (Å²) in [6.45, 7) is 1.85. The quantitative estimate of drug-likeness (QED) is 0.570. The number of carbonyl (C=O) groups is 1. The number of fused-ring (bicyclic) bond motifs is 1. The number of rotatable bonds is 4. The molecule has 3 heterocycles. The minimum absolute atomic E-state index is 0.234. The van der Waals surface area contributed by atoms with E-state index >= 15 is 0 Å². The Balaban J connectivity index is 1.53. The van der Waals surface area contributed by atoms with Gasteiger partial charge in [0.2, 0.25) is 10.9 Å². The summed E-state index contributed by atoms with van der Waals surface area (Å²) in [6, 6.07) is 11.1. The molecule has 124 valence electrons. The molecule has 0 saturated heterocycles. The Kier molecular flexibility index (Phi) is 3.87. The molecular weight excluding hydrogens is 338 g/mol. The molecule has 1 N–H and O–H groups in total. The highest BCUT2D eigenvalue weighted by atomic mass is 32.1. The molecule has 0 fully saturated rings. The van der Waals surface area contributed by atoms with Crippen LogP contribution in [0.3, 0.4) is 0 Å². The van der Waals surface area contributed by atoms with E-state index in [1.54, 1.807) is 29.0 Å². The van der Waals surface area contributed by atoms with Crippen LogP contribution in [0, 0.1) is 6.92 Å². The van der Waals surface area contributed by atoms with Crippen molar-refractivity contribution in [1.29, 1.82) is 0 Å². The molecule has 0 atom stereocenters. The first-order chi connectivity index (χ1) is 12.2. The standard InChI is InChI=1S/C17H13N5O2S/c1-11-19-20-17-22(11)21-16(25-17)12-4-2-5-13(10-12)18-15(23)8-7-14-6-3-9-24-14/h2-10H,1H3,(H,18,23). The van der Waals surface area contributed by atoms with Crippen LogP contribution in [0.2, 0.25) is 0 Å². The number of aryl methyl sites for hydroxylation is 1. The highest BCUT2D eigenvalue weighted by Gasteiger charge is 2.11. The topological polar surface area (TPSA) is 85.3 Å². The summed E-state index contributed by atoms with van der Waals surface area (Å²) in [5, 5.41) is 16.2. The van der Waals surface area contributed by atoms with Crippen LogP contribution in [-0.2, 0) is 4.79 Å². The molecule has 0 saturated carbocycles. The van der Waals surface area contributed by atoms with Crippen molar-refractivity contribution in [2.75, 3.05) is 5.32 Å². The summed E-state index contributed by atoms with van der Waals surface area (Å²) < 4.78 is 6.86. The maximum atomic E-state index is 12.0. The average molecular weight is 351 g/mol. The summed E-state index contributed by atoms with van der Waals surface area (Å²) in [6.07, 6.45) is 4.60. The summed E-state index contributed by atoms with van der Waals surface area (Å²) in [7, 11) is 0. The van der Waals surface area contributed by atoms with Gasteiger partial charge in [-0.15, -0.1) is 10.2 Å². The largest absolute Gasteiger partial charge is 0.465 e. The van der Waals surface area contributed by atoms with Gasteiger partial charge in [0.1, 0.15) is 10.8 Å². The lowest BCUT2D eigenvalue weighted by molar-refractivity contribution is -0.111. The molecule has 0 spiro atoms. The summed E-state index contributed by atoms with van der Waals surface area (Å²) >= 11 is 1.45. The van der Waals surface area contributed by atoms with E-state index in [2.05, 4.69) is 20.6 Å². The van der Waals surface area contributed by atoms with Gasteiger partial charge in [0, 0.05) is 17.3 Å². The van der Waals surface area contributed by atoms with Crippen molar-refractivity contribution in [2.45, 2.75) is 6.92 Å². The number of nitrogens with one attached hydrogen (secondary N) is 1. The van der Waals surface area contributed by atoms with E-state index in [-0.39, 0.29) is 5.91 Å². The maximum Gasteiger partial charge on any atom is 0.248 e. The zero-order chi connectivity index (χ0) is 17.2. The molecule has 0 aliphatic rings. The molecule has 4 aromatic rings. The molecule has 25 heavy (non-hydrogen) atoms. The predicted octanol–water partition coefficient (Wildman–Crippen LogP) is 3.41. The number of nitrogens with zero attached hydrogens (tertiary/aromatic N) is 4. The molecule has 7 nitrogen and oxygen atoms in total. The Morgan fingerprint density at radius 1 is 1.28 bits per heavy atom. The average Bonchev–Trinajstić information content (AvgIpc) is 3.33. The molecule has 0 aliphatic heterocycles. The first-order valence-corrected chi connectivity index (χ1v) is 8.32. The van der Waals surface area contributed by atoms with E-state index in [0.29, 0.717) is 11.4 Å². The number of anilines is 1. The lowest BCUT2D eigenvalue weighted by Crippen LogP contribution is -2.07. The van der Waals surface area contributed by atoms with Gasteiger partial charge in [0.25, 0.3) is 0 Å². The van der Waals surface area contributed by atoms with E-state index in [4.69, 9.17) is 4.42 Å². The SMILES string of the molecule is Cc1nnc2sc(-c3cccc(NC(=O)C=Cc4ccco4)c3)nn12. The number of aromatic nitrogens is 4. The van der Waals surface area contributed by atoms with E-state index in [1.165, 1.54) is 17.4 Å². The lowest BCUT2D eigenvalue weighted by atomic mass is 10.2. The fourth-order valence-electron chi connectivity index (χ4n) is 2.29. The monoisotopic (exact) mass is 351 g/mol. The van der Waals surface area contributed by atoms with E-state index in [1.807, 2.05) is 31.2 Å². The number of carbonyl (C=O) groups excluding carboxylic acids is 1. The number of benzene rings is 1. The van der Waals surface area contributed by atoms with Gasteiger partial charge < -0.3 is 9.73 Å². The minimum atomic E-state index is -0.234. The van der Waals surface area contributed by atoms with E-state index in [0.717, 1.165) is 21.4 Å². The Labute approximate surface area is 146 Å². The Bertz CT molecular complexity index is 1060. The van der Waals surface area contributed by atoms with Gasteiger partial charge in [-0.05, 0) is 37.3 Å². The van der Waals surface area contributed by atoms with Crippen molar-refractivity contribution < 1.29 is 9.21 Å². The van der Waals surface area contributed by atoms with Crippen LogP contribution in [0.5, 0.6) is 0 Å². The van der Waals surface area contributed by atoms with Crippen LogP contribution in [0.1, 0.15) is 11.6 Å². The molecule has 4 rings (SSSR count). The number of amides is 1. The zero-order valence-electron chi connectivity index (χ0n) is 13.2. The molecule has 0 bridgehead atoms. The lowest BCUT2D eigenvalue weighted by Gasteiger charge is -2.03. The predicted molar refractivity (Wildman–Crippen MR) is 95.2 cm³/mol. The first-order valence-electron chi connectivity index (χ1n) is 7.51. The smallest absolute Gasteiger partial charge is 0.248 e. The van der Waals surface area contributed by atoms with Crippen molar-refractivity contribution in [3.63, 3.8) is 0 Å². The van der Waals surface area contributed by atoms with E-state index < -0.39 is 0 Å². The van der Waals surface area contributed by atoms with Crippen molar-refractivity contribution in [2.24, 2.45) is 0 Å². The van der Waals surface area contributed by atoms with Gasteiger partial charge in [-0.1, -0.05) is 23.5 Å². The number of furan rings is 1. The van der Waals surface area contributed by atoms with Gasteiger partial charge >= 0.3 is 0 Å². The van der Waals surface area contributed by atoms with Crippen LogP contribution >= 0.6 is 11.3 Å². The molecule has 0 radical (unpaired) electrons. The van der Waals surface area contributed by atoms with Crippen molar-refractivity contribution in [3.05, 3.63) is 60.3 Å². The van der Waals surface area contributed by atoms with Crippen molar-refractivity contribution in [3.8, 4) is 10.6 Å². The van der Waals surface area contributed by atoms with E-state index in [9.17, 15) is 4.79 Å². The summed E-state index contributed by atoms with van der Waals surface area (Å²) in [4.78, 5) is 12.8. The number of hydrogen-bond donors (Lipinski definition) is 1. The van der Waals surface area contributed by atoms with Crippen LogP contribution in [0.25, 0.3) is 21.6 Å². The van der Waals surface area contributed by atoms with Gasteiger partial charge in [0.15, 0.2) is 5.82 Å². The van der Waals surface area contributed by atoms with Gasteiger partial charge in [0.05, 0.1) is 6.26 Å². The second-order valence-corrected chi connectivity index (χ2v) is 6.22. The molecule has 3 aromatic heterocycles. The Morgan fingerprint density at radius 2 is 2.20 bits per heavy atom. The fraction of sp³-hybridized carbons (Fsp3) is 0.0588. The molecular formula is C17H13N5O2S. The molecule has 1 aromatic carbocycles. The van der Waals surface area contributed by atoms with Crippen LogP contribution < -0.4 is 5.32 Å². The maximum absolute atomic E-state index is 12.0. The third-order valence-electron chi connectivity index (χ3n) is 3.47. The second-order valence-electron chi connectivity index (χ2n) is 5.27. The van der Waals surface area contributed by atoms with Crippen LogP contribution in [0.15, 0.2) is 53.2 Å². The zero-order valence-corrected chi connectivity index (χ0v) is 14.0. The van der Waals surface area contributed by atoms with Gasteiger partial charge in [-0.3, -0.25) is 4.79 Å². The van der Waals surface area contributed by atoms with Crippen LogP contribution in [-0.4, -0.2) is 25.7 Å². The second kappa shape index (κ2) is 6.33. The first kappa shape index (κ1) is 15.3. The van der Waals surface area contributed by atoms with Crippen molar-refractivity contribution >= 4 is 34.0 Å². The van der Waals surface area contributed by atoms with Gasteiger partial charge in [-0.25, -0.2) is 0 Å². The molecule has 1 amide bonds. The third-order valence-corrected chi connectivity index (χ3v) is 4.41. The third kappa shape index (κ3) is 3.20. The number of hydrogen-bond acceptors (Lipinski definition) is 6. The molecule has 0 aliphatic carbocycles. The summed E-state index contributed by atoms with van der Waals surface area (Å²) in [5.74, 6) is 1.13. The van der Waals surface area contributed by atoms with Crippen molar-refractivity contribution in [1.82, 2.24) is 19.8 Å². The highest BCUT2D eigenvalue weighted by Crippen LogP contribution is 2.27. The highest BCUT2D eigenvalue weighted by molar-refractivity contribution is 7.19. The minimum Gasteiger partial charge on any atom is -0.465 e.